The van der Waals surface area contributed by atoms with Crippen molar-refractivity contribution < 1.29 is 0 Å². The van der Waals surface area contributed by atoms with Crippen molar-refractivity contribution in [3.8, 4) is 0 Å². The molecule has 0 aromatic carbocycles. The molecule has 0 unspecified atom stereocenters. The van der Waals surface area contributed by atoms with Crippen LogP contribution >= 0.6 is 0 Å². The van der Waals surface area contributed by atoms with E-state index in [1.807, 2.05) is 0 Å². The quantitative estimate of drug-likeness (QED) is 0.403. The number of aliphatic imine (C=N–C) groups is 1. The van der Waals surface area contributed by atoms with E-state index in [4.69, 9.17) is 11.5 Å². The first-order chi connectivity index (χ1) is 6.18. The highest BCUT2D eigenvalue weighted by Gasteiger charge is 2.41. The van der Waals surface area contributed by atoms with E-state index in [1.54, 1.807) is 0 Å². The van der Waals surface area contributed by atoms with Gasteiger partial charge in [0.05, 0.1) is 0 Å². The first-order valence-corrected chi connectivity index (χ1v) is 4.95. The van der Waals surface area contributed by atoms with Crippen LogP contribution in [-0.4, -0.2) is 25.6 Å². The summed E-state index contributed by atoms with van der Waals surface area (Å²) in [5, 5.41) is 3.38. The molecule has 0 amide bonds. The van der Waals surface area contributed by atoms with E-state index in [9.17, 15) is 0 Å². The van der Waals surface area contributed by atoms with E-state index in [1.165, 1.54) is 12.8 Å². The third kappa shape index (κ3) is 3.63. The smallest absolute Gasteiger partial charge is 0.185 e. The van der Waals surface area contributed by atoms with E-state index >= 15 is 0 Å². The molecule has 0 saturated heterocycles. The van der Waals surface area contributed by atoms with Gasteiger partial charge in [0.2, 0.25) is 0 Å². The Morgan fingerprint density at radius 2 is 2.15 bits per heavy atom. The Labute approximate surface area is 79.8 Å². The molecule has 1 fully saturated rings. The molecule has 0 spiro atoms. The SMILES string of the molecule is CCNCC1(CCN=C(N)N)CC1. The molecule has 4 heteroatoms. The van der Waals surface area contributed by atoms with Crippen molar-refractivity contribution in [1.29, 1.82) is 0 Å². The summed E-state index contributed by atoms with van der Waals surface area (Å²) in [6.07, 6.45) is 3.75. The zero-order valence-electron chi connectivity index (χ0n) is 8.34. The monoisotopic (exact) mass is 184 g/mol. The van der Waals surface area contributed by atoms with Gasteiger partial charge in [0.1, 0.15) is 0 Å². The van der Waals surface area contributed by atoms with Crippen molar-refractivity contribution in [2.24, 2.45) is 21.9 Å². The summed E-state index contributed by atoms with van der Waals surface area (Å²) in [5.74, 6) is 0.208. The number of hydrogen-bond donors (Lipinski definition) is 3. The molecule has 4 nitrogen and oxygen atoms in total. The van der Waals surface area contributed by atoms with Crippen LogP contribution in [0.3, 0.4) is 0 Å². The lowest BCUT2D eigenvalue weighted by molar-refractivity contribution is 0.438. The van der Waals surface area contributed by atoms with Gasteiger partial charge in [-0.2, -0.15) is 0 Å². The maximum absolute atomic E-state index is 5.25. The Balaban J connectivity index is 2.16. The Kier molecular flexibility index (Phi) is 3.54. The van der Waals surface area contributed by atoms with Crippen LogP contribution < -0.4 is 16.8 Å². The predicted octanol–water partition coefficient (Wildman–Crippen LogP) is 0.0396. The fourth-order valence-electron chi connectivity index (χ4n) is 1.50. The van der Waals surface area contributed by atoms with Crippen LogP contribution in [0, 0.1) is 5.41 Å². The van der Waals surface area contributed by atoms with Crippen LogP contribution in [0.15, 0.2) is 4.99 Å². The van der Waals surface area contributed by atoms with Crippen LogP contribution in [-0.2, 0) is 0 Å². The van der Waals surface area contributed by atoms with Gasteiger partial charge in [0.15, 0.2) is 5.96 Å². The molecular formula is C9H20N4. The van der Waals surface area contributed by atoms with E-state index < -0.39 is 0 Å². The van der Waals surface area contributed by atoms with Crippen molar-refractivity contribution in [1.82, 2.24) is 5.32 Å². The molecule has 1 aliphatic carbocycles. The summed E-state index contributed by atoms with van der Waals surface area (Å²) in [5.41, 5.74) is 11.0. The standard InChI is InChI=1S/C9H20N4/c1-2-12-7-9(3-4-9)5-6-13-8(10)11/h12H,2-7H2,1H3,(H4,10,11,13). The summed E-state index contributed by atoms with van der Waals surface area (Å²) in [6.45, 7) is 5.06. The highest BCUT2D eigenvalue weighted by molar-refractivity contribution is 5.75. The molecule has 5 N–H and O–H groups in total. The van der Waals surface area contributed by atoms with Gasteiger partial charge in [0, 0.05) is 13.1 Å². The van der Waals surface area contributed by atoms with Crippen molar-refractivity contribution in [3.05, 3.63) is 0 Å². The van der Waals surface area contributed by atoms with Gasteiger partial charge in [-0.05, 0) is 31.2 Å². The van der Waals surface area contributed by atoms with E-state index in [-0.39, 0.29) is 5.96 Å². The summed E-state index contributed by atoms with van der Waals surface area (Å²) in [6, 6.07) is 0. The average molecular weight is 184 g/mol. The largest absolute Gasteiger partial charge is 0.370 e. The summed E-state index contributed by atoms with van der Waals surface area (Å²) in [4.78, 5) is 4.00. The second-order valence-corrected chi connectivity index (χ2v) is 3.84. The molecule has 0 radical (unpaired) electrons. The fourth-order valence-corrected chi connectivity index (χ4v) is 1.50. The molecule has 0 aromatic rings. The molecular weight excluding hydrogens is 164 g/mol. The van der Waals surface area contributed by atoms with Gasteiger partial charge in [-0.15, -0.1) is 0 Å². The number of hydrogen-bond acceptors (Lipinski definition) is 2. The van der Waals surface area contributed by atoms with E-state index in [0.29, 0.717) is 5.41 Å². The zero-order chi connectivity index (χ0) is 9.73. The molecule has 0 aliphatic heterocycles. The molecule has 0 aromatic heterocycles. The minimum atomic E-state index is 0.208. The van der Waals surface area contributed by atoms with Crippen LogP contribution in [0.2, 0.25) is 0 Å². The molecule has 0 bridgehead atoms. The lowest BCUT2D eigenvalue weighted by Gasteiger charge is -2.13. The minimum absolute atomic E-state index is 0.208. The molecule has 0 atom stereocenters. The maximum atomic E-state index is 5.25. The molecule has 0 heterocycles. The third-order valence-corrected chi connectivity index (χ3v) is 2.64. The van der Waals surface area contributed by atoms with E-state index in [2.05, 4.69) is 17.2 Å². The highest BCUT2D eigenvalue weighted by atomic mass is 15.0. The lowest BCUT2D eigenvalue weighted by atomic mass is 10.0. The maximum Gasteiger partial charge on any atom is 0.185 e. The Hall–Kier alpha value is -0.770. The number of nitrogens with one attached hydrogen (secondary N) is 1. The number of guanidine groups is 1. The van der Waals surface area contributed by atoms with Crippen LogP contribution in [0.25, 0.3) is 0 Å². The minimum Gasteiger partial charge on any atom is -0.370 e. The number of nitrogens with two attached hydrogens (primary N) is 2. The van der Waals surface area contributed by atoms with Gasteiger partial charge < -0.3 is 16.8 Å². The van der Waals surface area contributed by atoms with Crippen molar-refractivity contribution in [2.75, 3.05) is 19.6 Å². The number of rotatable bonds is 6. The van der Waals surface area contributed by atoms with Gasteiger partial charge in [-0.1, -0.05) is 6.92 Å². The zero-order valence-corrected chi connectivity index (χ0v) is 8.34. The predicted molar refractivity (Wildman–Crippen MR) is 55.5 cm³/mol. The van der Waals surface area contributed by atoms with Gasteiger partial charge >= 0.3 is 0 Å². The molecule has 1 rings (SSSR count). The second-order valence-electron chi connectivity index (χ2n) is 3.84. The van der Waals surface area contributed by atoms with Crippen LogP contribution in [0.4, 0.5) is 0 Å². The first-order valence-electron chi connectivity index (χ1n) is 4.95. The molecule has 13 heavy (non-hydrogen) atoms. The second kappa shape index (κ2) is 4.46. The summed E-state index contributed by atoms with van der Waals surface area (Å²) >= 11 is 0. The molecule has 1 saturated carbocycles. The first kappa shape index (κ1) is 10.3. The van der Waals surface area contributed by atoms with Gasteiger partial charge in [-0.25, -0.2) is 0 Å². The Morgan fingerprint density at radius 1 is 1.46 bits per heavy atom. The molecule has 1 aliphatic rings. The third-order valence-electron chi connectivity index (χ3n) is 2.64. The molecule has 76 valence electrons. The van der Waals surface area contributed by atoms with Crippen molar-refractivity contribution >= 4 is 5.96 Å². The van der Waals surface area contributed by atoms with Crippen LogP contribution in [0.1, 0.15) is 26.2 Å². The van der Waals surface area contributed by atoms with Crippen molar-refractivity contribution in [2.45, 2.75) is 26.2 Å². The Morgan fingerprint density at radius 3 is 2.62 bits per heavy atom. The van der Waals surface area contributed by atoms with E-state index in [0.717, 1.165) is 26.1 Å². The van der Waals surface area contributed by atoms with Gasteiger partial charge in [0.25, 0.3) is 0 Å². The van der Waals surface area contributed by atoms with Crippen LogP contribution in [0.5, 0.6) is 0 Å². The Bertz CT molecular complexity index is 180. The summed E-state index contributed by atoms with van der Waals surface area (Å²) < 4.78 is 0. The highest BCUT2D eigenvalue weighted by Crippen LogP contribution is 2.48. The lowest BCUT2D eigenvalue weighted by Crippen LogP contribution is -2.26. The normalized spacial score (nSPS) is 18.2. The average Bonchev–Trinajstić information content (AvgIpc) is 2.82. The number of nitrogens with zero attached hydrogens (tertiary/aromatic N) is 1. The topological polar surface area (TPSA) is 76.4 Å². The summed E-state index contributed by atoms with van der Waals surface area (Å²) in [7, 11) is 0. The van der Waals surface area contributed by atoms with Crippen molar-refractivity contribution in [3.63, 3.8) is 0 Å². The fraction of sp³-hybridized carbons (Fsp3) is 0.889. The van der Waals surface area contributed by atoms with Gasteiger partial charge in [-0.3, -0.25) is 4.99 Å².